The zero-order valence-corrected chi connectivity index (χ0v) is 13.6. The third-order valence-electron chi connectivity index (χ3n) is 3.82. The Morgan fingerprint density at radius 1 is 1.05 bits per heavy atom. The first-order valence-corrected chi connectivity index (χ1v) is 8.33. The summed E-state index contributed by atoms with van der Waals surface area (Å²) in [7, 11) is 2.08. The van der Waals surface area contributed by atoms with Crippen LogP contribution in [-0.4, -0.2) is 13.1 Å². The van der Waals surface area contributed by atoms with Crippen LogP contribution >= 0.6 is 11.3 Å². The van der Waals surface area contributed by atoms with E-state index in [0.29, 0.717) is 6.04 Å². The molecular weight excluding hydrogens is 262 g/mol. The molecule has 1 atom stereocenters. The maximum absolute atomic E-state index is 3.47. The Hall–Kier alpha value is -1.12. The Labute approximate surface area is 127 Å². The van der Waals surface area contributed by atoms with Gasteiger partial charge in [-0.2, -0.15) is 0 Å². The molecule has 0 aliphatic carbocycles. The number of benzene rings is 1. The topological polar surface area (TPSA) is 12.0 Å². The van der Waals surface area contributed by atoms with Crippen molar-refractivity contribution in [1.82, 2.24) is 5.32 Å². The molecule has 2 rings (SSSR count). The van der Waals surface area contributed by atoms with Crippen LogP contribution in [0.5, 0.6) is 0 Å². The van der Waals surface area contributed by atoms with E-state index in [1.165, 1.54) is 27.3 Å². The molecule has 0 amide bonds. The van der Waals surface area contributed by atoms with Crippen LogP contribution in [0.3, 0.4) is 0 Å². The van der Waals surface area contributed by atoms with Gasteiger partial charge in [0.25, 0.3) is 0 Å². The van der Waals surface area contributed by atoms with E-state index in [0.717, 1.165) is 19.3 Å². The molecule has 20 heavy (non-hydrogen) atoms. The highest BCUT2D eigenvalue weighted by atomic mass is 32.1. The third kappa shape index (κ3) is 4.46. The second-order valence-electron chi connectivity index (χ2n) is 5.44. The number of likely N-dealkylation sites (N-methyl/N-ethyl adjacent to an activating group) is 1. The number of rotatable bonds is 7. The van der Waals surface area contributed by atoms with Crippen molar-refractivity contribution in [2.45, 2.75) is 45.6 Å². The van der Waals surface area contributed by atoms with Crippen LogP contribution in [0.1, 0.15) is 34.2 Å². The van der Waals surface area contributed by atoms with E-state index in [9.17, 15) is 0 Å². The van der Waals surface area contributed by atoms with Crippen molar-refractivity contribution in [2.75, 3.05) is 7.05 Å². The van der Waals surface area contributed by atoms with Crippen LogP contribution in [0.4, 0.5) is 0 Å². The van der Waals surface area contributed by atoms with E-state index in [4.69, 9.17) is 0 Å². The summed E-state index contributed by atoms with van der Waals surface area (Å²) in [6, 6.07) is 14.0. The smallest absolute Gasteiger partial charge is 0.0115 e. The Kier molecular flexibility index (Phi) is 5.81. The minimum atomic E-state index is 0.569. The van der Waals surface area contributed by atoms with Crippen molar-refractivity contribution < 1.29 is 0 Å². The summed E-state index contributed by atoms with van der Waals surface area (Å²) in [5.74, 6) is 0. The number of thiophene rings is 1. The fourth-order valence-corrected chi connectivity index (χ4v) is 3.45. The van der Waals surface area contributed by atoms with Gasteiger partial charge in [0.05, 0.1) is 0 Å². The quantitative estimate of drug-likeness (QED) is 0.797. The average Bonchev–Trinajstić information content (AvgIpc) is 2.93. The lowest BCUT2D eigenvalue weighted by Crippen LogP contribution is -2.27. The van der Waals surface area contributed by atoms with Gasteiger partial charge in [0.2, 0.25) is 0 Å². The molecule has 0 saturated carbocycles. The summed E-state index contributed by atoms with van der Waals surface area (Å²) in [5.41, 5.74) is 2.78. The number of aryl methyl sites for hydroxylation is 3. The first-order valence-electron chi connectivity index (χ1n) is 7.51. The Balaban J connectivity index is 1.87. The molecule has 1 aromatic carbocycles. The van der Waals surface area contributed by atoms with Crippen LogP contribution in [0, 0.1) is 6.92 Å². The predicted octanol–water partition coefficient (Wildman–Crippen LogP) is 4.38. The molecule has 0 aliphatic heterocycles. The molecule has 1 heterocycles. The largest absolute Gasteiger partial charge is 0.317 e. The molecule has 1 N–H and O–H groups in total. The van der Waals surface area contributed by atoms with Gasteiger partial charge in [-0.3, -0.25) is 0 Å². The van der Waals surface area contributed by atoms with Gasteiger partial charge in [-0.25, -0.2) is 0 Å². The normalized spacial score (nSPS) is 12.6. The lowest BCUT2D eigenvalue weighted by atomic mass is 10.0. The summed E-state index contributed by atoms with van der Waals surface area (Å²) in [4.78, 5) is 3.00. The van der Waals surface area contributed by atoms with Crippen LogP contribution in [0.2, 0.25) is 0 Å². The van der Waals surface area contributed by atoms with Gasteiger partial charge in [-0.15, -0.1) is 11.3 Å². The lowest BCUT2D eigenvalue weighted by Gasteiger charge is -2.15. The van der Waals surface area contributed by atoms with E-state index in [2.05, 4.69) is 62.6 Å². The van der Waals surface area contributed by atoms with E-state index in [1.807, 2.05) is 11.3 Å². The van der Waals surface area contributed by atoms with E-state index in [1.54, 1.807) is 0 Å². The highest BCUT2D eigenvalue weighted by molar-refractivity contribution is 7.11. The van der Waals surface area contributed by atoms with Gasteiger partial charge in [-0.05, 0) is 57.4 Å². The molecule has 0 aliphatic rings. The molecule has 1 unspecified atom stereocenters. The fourth-order valence-electron chi connectivity index (χ4n) is 2.41. The molecule has 0 radical (unpaired) electrons. The molecule has 0 spiro atoms. The highest BCUT2D eigenvalue weighted by Crippen LogP contribution is 2.19. The van der Waals surface area contributed by atoms with Gasteiger partial charge < -0.3 is 5.32 Å². The number of nitrogens with one attached hydrogen (secondary N) is 1. The minimum absolute atomic E-state index is 0.569. The van der Waals surface area contributed by atoms with Gasteiger partial charge in [0.15, 0.2) is 0 Å². The van der Waals surface area contributed by atoms with Gasteiger partial charge in [-0.1, -0.05) is 36.8 Å². The molecule has 2 aromatic rings. The van der Waals surface area contributed by atoms with Gasteiger partial charge in [0, 0.05) is 15.8 Å². The van der Waals surface area contributed by atoms with Crippen molar-refractivity contribution in [2.24, 2.45) is 0 Å². The van der Waals surface area contributed by atoms with Crippen LogP contribution in [0.15, 0.2) is 36.4 Å². The third-order valence-corrected chi connectivity index (χ3v) is 5.08. The van der Waals surface area contributed by atoms with Gasteiger partial charge in [0.1, 0.15) is 0 Å². The molecule has 0 fully saturated rings. The zero-order valence-electron chi connectivity index (χ0n) is 12.8. The zero-order chi connectivity index (χ0) is 14.4. The first-order chi connectivity index (χ1) is 9.71. The first kappa shape index (κ1) is 15.3. The molecule has 1 aromatic heterocycles. The van der Waals surface area contributed by atoms with E-state index in [-0.39, 0.29) is 0 Å². The summed E-state index contributed by atoms with van der Waals surface area (Å²) >= 11 is 1.96. The van der Waals surface area contributed by atoms with Crippen molar-refractivity contribution in [3.8, 4) is 0 Å². The van der Waals surface area contributed by atoms with Crippen molar-refractivity contribution in [3.63, 3.8) is 0 Å². The minimum Gasteiger partial charge on any atom is -0.317 e. The average molecular weight is 287 g/mol. The molecule has 0 bridgehead atoms. The lowest BCUT2D eigenvalue weighted by molar-refractivity contribution is 0.523. The monoisotopic (exact) mass is 287 g/mol. The van der Waals surface area contributed by atoms with E-state index < -0.39 is 0 Å². The summed E-state index contributed by atoms with van der Waals surface area (Å²) in [6.45, 7) is 4.37. The predicted molar refractivity (Wildman–Crippen MR) is 89.7 cm³/mol. The highest BCUT2D eigenvalue weighted by Gasteiger charge is 2.09. The van der Waals surface area contributed by atoms with E-state index >= 15 is 0 Å². The Morgan fingerprint density at radius 2 is 1.75 bits per heavy atom. The summed E-state index contributed by atoms with van der Waals surface area (Å²) in [6.07, 6.45) is 4.64. The molecular formula is C18H25NS. The molecule has 108 valence electrons. The Morgan fingerprint density at radius 3 is 2.35 bits per heavy atom. The molecule has 1 nitrogen and oxygen atoms in total. The van der Waals surface area contributed by atoms with Crippen LogP contribution < -0.4 is 5.32 Å². The SMILES string of the molecule is CCc1ccc(CC(CCc2ccc(C)cc2)NC)s1. The standard InChI is InChI=1S/C18H25NS/c1-4-17-11-12-18(20-17)13-16(19-3)10-9-15-7-5-14(2)6-8-15/h5-8,11-12,16,19H,4,9-10,13H2,1-3H3. The number of hydrogen-bond donors (Lipinski definition) is 1. The second kappa shape index (κ2) is 7.61. The van der Waals surface area contributed by atoms with Gasteiger partial charge >= 0.3 is 0 Å². The Bertz CT molecular complexity index is 512. The summed E-state index contributed by atoms with van der Waals surface area (Å²) < 4.78 is 0. The van der Waals surface area contributed by atoms with Crippen molar-refractivity contribution >= 4 is 11.3 Å². The fraction of sp³-hybridized carbons (Fsp3) is 0.444. The summed E-state index contributed by atoms with van der Waals surface area (Å²) in [5, 5.41) is 3.47. The molecule has 2 heteroatoms. The van der Waals surface area contributed by atoms with Crippen LogP contribution in [0.25, 0.3) is 0 Å². The molecule has 0 saturated heterocycles. The van der Waals surface area contributed by atoms with Crippen LogP contribution in [-0.2, 0) is 19.3 Å². The van der Waals surface area contributed by atoms with Crippen molar-refractivity contribution in [1.29, 1.82) is 0 Å². The van der Waals surface area contributed by atoms with Crippen molar-refractivity contribution in [3.05, 3.63) is 57.3 Å². The maximum Gasteiger partial charge on any atom is 0.0115 e. The second-order valence-corrected chi connectivity index (χ2v) is 6.69. The maximum atomic E-state index is 3.47. The number of hydrogen-bond acceptors (Lipinski definition) is 2.